The van der Waals surface area contributed by atoms with E-state index in [2.05, 4.69) is 15.6 Å². The Morgan fingerprint density at radius 3 is 2.04 bits per heavy atom. The highest BCUT2D eigenvalue weighted by Gasteiger charge is 2.25. The third-order valence-electron chi connectivity index (χ3n) is 9.58. The number of nitrogens with zero attached hydrogens (tertiary/aromatic N) is 4. The number of nitrogens with one attached hydrogen (secondary N) is 2. The van der Waals surface area contributed by atoms with Crippen molar-refractivity contribution < 1.29 is 19.1 Å². The van der Waals surface area contributed by atoms with Gasteiger partial charge < -0.3 is 29.9 Å². The summed E-state index contributed by atoms with van der Waals surface area (Å²) >= 11 is 14.2. The Labute approximate surface area is 303 Å². The van der Waals surface area contributed by atoms with Crippen LogP contribution in [-0.2, 0) is 22.7 Å². The molecule has 2 N–H and O–H groups in total. The first kappa shape index (κ1) is 35.6. The van der Waals surface area contributed by atoms with Crippen molar-refractivity contribution in [3.63, 3.8) is 0 Å². The lowest BCUT2D eigenvalue weighted by molar-refractivity contribution is -0.128. The van der Waals surface area contributed by atoms with Crippen molar-refractivity contribution in [2.24, 2.45) is 0 Å². The summed E-state index contributed by atoms with van der Waals surface area (Å²) in [5.74, 6) is 1.44. The summed E-state index contributed by atoms with van der Waals surface area (Å²) in [4.78, 5) is 36.6. The van der Waals surface area contributed by atoms with Gasteiger partial charge in [-0.3, -0.25) is 14.6 Å². The molecule has 0 aliphatic carbocycles. The maximum absolute atomic E-state index is 11.7. The molecule has 2 amide bonds. The van der Waals surface area contributed by atoms with Crippen LogP contribution in [0, 0.1) is 0 Å². The Morgan fingerprint density at radius 2 is 1.42 bits per heavy atom. The van der Waals surface area contributed by atoms with Crippen LogP contribution in [0.2, 0.25) is 10.0 Å². The molecular formula is C38H42Cl2N6O4. The van der Waals surface area contributed by atoms with E-state index < -0.39 is 0 Å². The largest absolute Gasteiger partial charge is 0.496 e. The lowest BCUT2D eigenvalue weighted by Crippen LogP contribution is -2.33. The fourth-order valence-electron chi connectivity index (χ4n) is 6.69. The van der Waals surface area contributed by atoms with Crippen molar-refractivity contribution >= 4 is 35.0 Å². The van der Waals surface area contributed by atoms with Gasteiger partial charge in [0.05, 0.1) is 35.7 Å². The monoisotopic (exact) mass is 716 g/mol. The highest BCUT2D eigenvalue weighted by molar-refractivity contribution is 6.39. The van der Waals surface area contributed by atoms with Crippen molar-refractivity contribution in [2.75, 3.05) is 40.4 Å². The molecule has 6 rings (SSSR count). The average Bonchev–Trinajstić information content (AvgIpc) is 3.81. The second-order valence-corrected chi connectivity index (χ2v) is 13.5. The minimum absolute atomic E-state index is 0.101. The van der Waals surface area contributed by atoms with Gasteiger partial charge in [-0.05, 0) is 31.0 Å². The Morgan fingerprint density at radius 1 is 0.800 bits per heavy atom. The van der Waals surface area contributed by atoms with E-state index in [1.807, 2.05) is 64.4 Å². The number of hydrogen-bond donors (Lipinski definition) is 2. The molecule has 50 heavy (non-hydrogen) atoms. The van der Waals surface area contributed by atoms with Crippen LogP contribution in [0.1, 0.15) is 37.8 Å². The number of aromatic nitrogens is 2. The second-order valence-electron chi connectivity index (χ2n) is 12.7. The molecule has 2 aliphatic heterocycles. The lowest BCUT2D eigenvalue weighted by atomic mass is 9.99. The third-order valence-corrected chi connectivity index (χ3v) is 10.4. The number of likely N-dealkylation sites (tertiary alicyclic amines) is 2. The van der Waals surface area contributed by atoms with Gasteiger partial charge in [-0.2, -0.15) is 0 Å². The number of halogens is 2. The van der Waals surface area contributed by atoms with E-state index in [4.69, 9.17) is 37.7 Å². The van der Waals surface area contributed by atoms with E-state index in [-0.39, 0.29) is 23.9 Å². The quantitative estimate of drug-likeness (QED) is 0.188. The number of carbonyl (C=O) groups is 2. The Balaban J connectivity index is 1.21. The zero-order valence-corrected chi connectivity index (χ0v) is 30.3. The molecule has 0 spiro atoms. The van der Waals surface area contributed by atoms with Crippen LogP contribution < -0.4 is 20.1 Å². The Bertz CT molecular complexity index is 1750. The molecule has 4 aromatic rings. The van der Waals surface area contributed by atoms with Gasteiger partial charge in [-0.15, -0.1) is 0 Å². The van der Waals surface area contributed by atoms with E-state index in [0.717, 1.165) is 65.1 Å². The minimum atomic E-state index is 0.101. The van der Waals surface area contributed by atoms with Gasteiger partial charge in [0.15, 0.2) is 0 Å². The third kappa shape index (κ3) is 7.73. The number of hydrogen-bond acceptors (Lipinski definition) is 8. The fourth-order valence-corrected chi connectivity index (χ4v) is 7.34. The van der Waals surface area contributed by atoms with E-state index in [1.165, 1.54) is 0 Å². The zero-order chi connectivity index (χ0) is 35.4. The van der Waals surface area contributed by atoms with Crippen LogP contribution in [0.15, 0.2) is 60.8 Å². The molecule has 2 aromatic heterocycles. The highest BCUT2D eigenvalue weighted by atomic mass is 35.5. The number of amides is 2. The van der Waals surface area contributed by atoms with Crippen molar-refractivity contribution in [3.8, 4) is 45.3 Å². The van der Waals surface area contributed by atoms with Gasteiger partial charge in [0.2, 0.25) is 17.7 Å². The van der Waals surface area contributed by atoms with Crippen LogP contribution in [0.4, 0.5) is 0 Å². The molecule has 0 bridgehead atoms. The van der Waals surface area contributed by atoms with Crippen molar-refractivity contribution in [2.45, 2.75) is 51.9 Å². The minimum Gasteiger partial charge on any atom is -0.496 e. The van der Waals surface area contributed by atoms with Crippen LogP contribution >= 0.6 is 23.2 Å². The number of methoxy groups -OCH3 is 2. The molecule has 2 saturated heterocycles. The summed E-state index contributed by atoms with van der Waals surface area (Å²) in [6, 6.07) is 18.0. The molecule has 2 aliphatic rings. The molecule has 0 radical (unpaired) electrons. The van der Waals surface area contributed by atoms with E-state index in [1.54, 1.807) is 34.3 Å². The number of carbonyl (C=O) groups excluding carboxylic acids is 2. The highest BCUT2D eigenvalue weighted by Crippen LogP contribution is 2.42. The topological polar surface area (TPSA) is 109 Å². The van der Waals surface area contributed by atoms with Crippen LogP contribution in [0.5, 0.6) is 11.6 Å². The molecule has 2 fully saturated rings. The number of pyridine rings is 2. The van der Waals surface area contributed by atoms with Gasteiger partial charge >= 0.3 is 0 Å². The summed E-state index contributed by atoms with van der Waals surface area (Å²) < 4.78 is 11.5. The summed E-state index contributed by atoms with van der Waals surface area (Å²) in [6.45, 7) is 7.34. The maximum atomic E-state index is 11.7. The van der Waals surface area contributed by atoms with E-state index in [0.29, 0.717) is 53.5 Å². The zero-order valence-electron chi connectivity index (χ0n) is 28.8. The normalized spacial score (nSPS) is 17.3. The molecule has 262 valence electrons. The van der Waals surface area contributed by atoms with Crippen molar-refractivity contribution in [1.29, 1.82) is 0 Å². The van der Waals surface area contributed by atoms with Gasteiger partial charge in [0.1, 0.15) is 5.75 Å². The summed E-state index contributed by atoms with van der Waals surface area (Å²) in [5, 5.41) is 8.07. The predicted octanol–water partition coefficient (Wildman–Crippen LogP) is 6.22. The Kier molecular flexibility index (Phi) is 11.2. The SMILES string of the molecule is COc1cc(-c2nccc(-c3cccc(-c4ccc(CNC5CCN(C(C)=O)C5)c(OC)n4)c3Cl)c2Cl)ccc1CNC1CCN(C(C)=O)C1. The summed E-state index contributed by atoms with van der Waals surface area (Å²) in [7, 11) is 3.26. The smallest absolute Gasteiger partial charge is 0.219 e. The molecule has 12 heteroatoms. The Hall–Kier alpha value is -4.22. The number of ether oxygens (including phenoxy) is 2. The molecule has 4 heterocycles. The van der Waals surface area contributed by atoms with Gasteiger partial charge in [0, 0.05) is 105 Å². The molecule has 2 aromatic carbocycles. The molecule has 2 unspecified atom stereocenters. The first-order chi connectivity index (χ1) is 24.2. The van der Waals surface area contributed by atoms with Gasteiger partial charge in [0.25, 0.3) is 0 Å². The van der Waals surface area contributed by atoms with Gasteiger partial charge in [-0.1, -0.05) is 59.6 Å². The number of rotatable bonds is 11. The first-order valence-electron chi connectivity index (χ1n) is 16.8. The average molecular weight is 718 g/mol. The molecular weight excluding hydrogens is 675 g/mol. The standard InChI is InChI=1S/C38H42Cl2N6O4/c1-23(47)45-16-13-28(21-45)42-19-26-9-8-25(18-34(26)49-3)37-36(40)31(12-15-41-37)30-6-5-7-32(35(30)39)33-11-10-27(38(44-33)50-4)20-43-29-14-17-46(22-29)24(2)48/h5-12,15,18,28-29,42-43H,13-14,16-17,19-22H2,1-4H3. The van der Waals surface area contributed by atoms with Crippen molar-refractivity contribution in [1.82, 2.24) is 30.4 Å². The lowest BCUT2D eigenvalue weighted by Gasteiger charge is -2.17. The fraction of sp³-hybridized carbons (Fsp3) is 0.368. The first-order valence-corrected chi connectivity index (χ1v) is 17.5. The van der Waals surface area contributed by atoms with Crippen molar-refractivity contribution in [3.05, 3.63) is 82.0 Å². The van der Waals surface area contributed by atoms with E-state index in [9.17, 15) is 9.59 Å². The summed E-state index contributed by atoms with van der Waals surface area (Å²) in [6.07, 6.45) is 3.56. The van der Waals surface area contributed by atoms with Crippen LogP contribution in [0.25, 0.3) is 33.6 Å². The number of benzene rings is 2. The molecule has 10 nitrogen and oxygen atoms in total. The molecule has 2 atom stereocenters. The van der Waals surface area contributed by atoms with E-state index >= 15 is 0 Å². The summed E-state index contributed by atoms with van der Waals surface area (Å²) in [5.41, 5.74) is 6.27. The van der Waals surface area contributed by atoms with Crippen LogP contribution in [0.3, 0.4) is 0 Å². The van der Waals surface area contributed by atoms with Crippen LogP contribution in [-0.4, -0.2) is 84.1 Å². The predicted molar refractivity (Wildman–Crippen MR) is 196 cm³/mol. The second kappa shape index (κ2) is 15.8. The van der Waals surface area contributed by atoms with Gasteiger partial charge in [-0.25, -0.2) is 4.98 Å². The molecule has 0 saturated carbocycles. The maximum Gasteiger partial charge on any atom is 0.219 e.